The van der Waals surface area contributed by atoms with E-state index in [-0.39, 0.29) is 13.0 Å². The molecule has 6 N–H and O–H groups in total. The average molecular weight is 619 g/mol. The molecule has 0 aromatic heterocycles. The van der Waals surface area contributed by atoms with E-state index in [1.54, 1.807) is 0 Å². The minimum absolute atomic E-state index is 0.128. The summed E-state index contributed by atoms with van der Waals surface area (Å²) < 4.78 is 70.3. The van der Waals surface area contributed by atoms with Crippen LogP contribution in [0.4, 0.5) is 4.79 Å². The minimum atomic E-state index is -5.84. The maximum Gasteiger partial charge on any atom is 0.490 e. The van der Waals surface area contributed by atoms with Crippen LogP contribution in [-0.4, -0.2) is 43.7 Å². The molecular weight excluding hydrogens is 593 g/mol. The fourth-order valence-corrected chi connectivity index (χ4v) is 7.54. The van der Waals surface area contributed by atoms with Gasteiger partial charge in [0, 0.05) is 6.54 Å². The van der Waals surface area contributed by atoms with Crippen molar-refractivity contribution in [2.75, 3.05) is 13.2 Å². The summed E-state index contributed by atoms with van der Waals surface area (Å²) in [6, 6.07) is 9.09. The second-order valence-electron chi connectivity index (χ2n) is 6.54. The van der Waals surface area contributed by atoms with Crippen molar-refractivity contribution in [1.82, 2.24) is 5.32 Å². The smallest absolute Gasteiger partial charge is 0.445 e. The maximum atomic E-state index is 11.7. The van der Waals surface area contributed by atoms with E-state index in [2.05, 4.69) is 27.1 Å². The summed E-state index contributed by atoms with van der Waals surface area (Å²) in [5.74, 6) is 0. The van der Waals surface area contributed by atoms with Gasteiger partial charge in [-0.1, -0.05) is 43.2 Å². The summed E-state index contributed by atoms with van der Waals surface area (Å²) in [6.45, 7) is 0.0162. The summed E-state index contributed by atoms with van der Waals surface area (Å²) >= 11 is 0. The van der Waals surface area contributed by atoms with Crippen LogP contribution in [0.5, 0.6) is 0 Å². The van der Waals surface area contributed by atoms with Gasteiger partial charge in [0.1, 0.15) is 6.61 Å². The average Bonchev–Trinajstić information content (AvgIpc) is 2.72. The van der Waals surface area contributed by atoms with Gasteiger partial charge in [0.25, 0.3) is 0 Å². The lowest BCUT2D eigenvalue weighted by Crippen LogP contribution is -2.25. The van der Waals surface area contributed by atoms with Crippen molar-refractivity contribution >= 4 is 46.4 Å². The number of nitrogens with one attached hydrogen (secondary N) is 1. The number of rotatable bonds is 18. The number of hydrogen-bond donors (Lipinski definition) is 6. The highest BCUT2D eigenvalue weighted by molar-refractivity contribution is 7.70. The Balaban J connectivity index is 2.23. The highest BCUT2D eigenvalue weighted by atomic mass is 31.3. The lowest BCUT2D eigenvalue weighted by Gasteiger charge is -2.19. The molecule has 0 fully saturated rings. The Bertz CT molecular complexity index is 1010. The molecule has 1 amide bonds. The molecule has 0 aliphatic rings. The summed E-state index contributed by atoms with van der Waals surface area (Å²) in [5, 5.41) is 2.56. The molecule has 1 aromatic carbocycles. The van der Waals surface area contributed by atoms with E-state index in [4.69, 9.17) is 14.5 Å². The summed E-state index contributed by atoms with van der Waals surface area (Å²) in [5.41, 5.74) is 0.838. The third-order valence-electron chi connectivity index (χ3n) is 3.58. The number of amides is 1. The SMILES string of the molecule is O=C(NCCCCCCOP(=O)(O)OP(=O)(O)OP(=O)(O)OP(=O)(O)OPO)OCc1ccccc1. The van der Waals surface area contributed by atoms with E-state index >= 15 is 0 Å². The zero-order valence-electron chi connectivity index (χ0n) is 18.4. The molecule has 22 heteroatoms. The topological polar surface area (TPSA) is 254 Å². The molecule has 17 nitrogen and oxygen atoms in total. The van der Waals surface area contributed by atoms with Crippen LogP contribution in [0.25, 0.3) is 0 Å². The molecule has 5 unspecified atom stereocenters. The van der Waals surface area contributed by atoms with Crippen LogP contribution < -0.4 is 5.32 Å². The number of phosphoric ester groups is 1. The first-order valence-electron chi connectivity index (χ1n) is 9.77. The summed E-state index contributed by atoms with van der Waals surface area (Å²) in [6.07, 6.45) is 1.19. The normalized spacial score (nSPS) is 18.6. The fraction of sp³-hybridized carbons (Fsp3) is 0.500. The zero-order valence-corrected chi connectivity index (χ0v) is 22.9. The first-order valence-corrected chi connectivity index (χ1v) is 16.6. The number of benzene rings is 1. The van der Waals surface area contributed by atoms with Crippen LogP contribution in [-0.2, 0) is 51.4 Å². The van der Waals surface area contributed by atoms with Gasteiger partial charge in [0.15, 0.2) is 9.03 Å². The highest BCUT2D eigenvalue weighted by Crippen LogP contribution is 2.72. The van der Waals surface area contributed by atoms with Gasteiger partial charge in [0.2, 0.25) is 0 Å². The van der Waals surface area contributed by atoms with Gasteiger partial charge < -0.3 is 34.5 Å². The molecule has 208 valence electrons. The predicted molar refractivity (Wildman–Crippen MR) is 123 cm³/mol. The van der Waals surface area contributed by atoms with Gasteiger partial charge in [0.05, 0.1) is 6.61 Å². The zero-order chi connectivity index (χ0) is 27.3. The second-order valence-corrected chi connectivity index (χ2v) is 13.4. The van der Waals surface area contributed by atoms with Gasteiger partial charge in [-0.3, -0.25) is 4.52 Å². The summed E-state index contributed by atoms with van der Waals surface area (Å²) in [7, 11) is -23.9. The van der Waals surface area contributed by atoms with Gasteiger partial charge in [-0.15, -0.1) is 0 Å². The Hall–Kier alpha value is -0.560. The molecule has 0 radical (unpaired) electrons. The molecule has 0 heterocycles. The molecule has 5 atom stereocenters. The molecule has 0 aliphatic carbocycles. The standard InChI is InChI=1S/C14H26NO16P5/c16-14(26-12-13-8-4-3-5-9-13)15-10-6-1-2-7-11-27-33(18,19)29-35(22,23)31-36(24,25)30-34(20,21)28-32-17/h3-5,8-9,17,32H,1-2,6-7,10-12H2,(H,15,16)(H,18,19)(H,20,21)(H,22,23)(H,24,25). The number of unbranched alkanes of at least 4 members (excludes halogenated alkanes) is 3. The lowest BCUT2D eigenvalue weighted by molar-refractivity contribution is 0.139. The molecule has 0 aliphatic heterocycles. The number of ether oxygens (including phenoxy) is 1. The van der Waals surface area contributed by atoms with Crippen molar-refractivity contribution in [3.63, 3.8) is 0 Å². The molecular formula is C14H26NO16P5. The Kier molecular flexibility index (Phi) is 14.6. The highest BCUT2D eigenvalue weighted by Gasteiger charge is 2.45. The van der Waals surface area contributed by atoms with Crippen molar-refractivity contribution < 1.29 is 74.0 Å². The van der Waals surface area contributed by atoms with Crippen LogP contribution in [0.2, 0.25) is 0 Å². The van der Waals surface area contributed by atoms with Crippen LogP contribution in [0, 0.1) is 0 Å². The third-order valence-corrected chi connectivity index (χ3v) is 10.3. The van der Waals surface area contributed by atoms with Crippen molar-refractivity contribution in [2.24, 2.45) is 0 Å². The molecule has 0 spiro atoms. The van der Waals surface area contributed by atoms with Crippen molar-refractivity contribution in [1.29, 1.82) is 0 Å². The van der Waals surface area contributed by atoms with Crippen LogP contribution >= 0.6 is 40.3 Å². The van der Waals surface area contributed by atoms with Gasteiger partial charge in [-0.05, 0) is 18.4 Å². The third kappa shape index (κ3) is 16.3. The number of carbonyl (C=O) groups is 1. The van der Waals surface area contributed by atoms with E-state index in [1.807, 2.05) is 30.3 Å². The van der Waals surface area contributed by atoms with Crippen molar-refractivity contribution in [3.05, 3.63) is 35.9 Å². The van der Waals surface area contributed by atoms with E-state index in [0.717, 1.165) is 5.56 Å². The molecule has 0 saturated heterocycles. The Morgan fingerprint density at radius 3 is 1.97 bits per heavy atom. The Labute approximate surface area is 207 Å². The van der Waals surface area contributed by atoms with Crippen molar-refractivity contribution in [2.45, 2.75) is 32.3 Å². The van der Waals surface area contributed by atoms with Crippen LogP contribution in [0.15, 0.2) is 30.3 Å². The van der Waals surface area contributed by atoms with Gasteiger partial charge in [-0.2, -0.15) is 12.9 Å². The number of hydrogen-bond acceptors (Lipinski definition) is 12. The summed E-state index contributed by atoms with van der Waals surface area (Å²) in [4.78, 5) is 56.9. The molecule has 0 saturated carbocycles. The maximum absolute atomic E-state index is 11.7. The van der Waals surface area contributed by atoms with Gasteiger partial charge >= 0.3 is 37.4 Å². The largest absolute Gasteiger partial charge is 0.490 e. The van der Waals surface area contributed by atoms with Gasteiger partial charge in [-0.25, -0.2) is 27.4 Å². The second kappa shape index (κ2) is 15.8. The van der Waals surface area contributed by atoms with E-state index < -0.39 is 53.0 Å². The monoisotopic (exact) mass is 619 g/mol. The van der Waals surface area contributed by atoms with E-state index in [9.17, 15) is 37.7 Å². The van der Waals surface area contributed by atoms with Crippen molar-refractivity contribution in [3.8, 4) is 0 Å². The lowest BCUT2D eigenvalue weighted by atomic mass is 10.2. The molecule has 36 heavy (non-hydrogen) atoms. The Morgan fingerprint density at radius 1 is 0.806 bits per heavy atom. The minimum Gasteiger partial charge on any atom is -0.445 e. The number of carbonyl (C=O) groups excluding carboxylic acids is 1. The molecule has 1 aromatic rings. The fourth-order valence-electron chi connectivity index (χ4n) is 2.24. The number of phosphoric acid groups is 4. The quantitative estimate of drug-likeness (QED) is 0.102. The predicted octanol–water partition coefficient (Wildman–Crippen LogP) is 3.46. The van der Waals surface area contributed by atoms with Crippen LogP contribution in [0.1, 0.15) is 31.2 Å². The van der Waals surface area contributed by atoms with E-state index in [0.29, 0.717) is 25.8 Å². The van der Waals surface area contributed by atoms with E-state index in [1.165, 1.54) is 0 Å². The molecule has 1 rings (SSSR count). The number of alkyl carbamates (subject to hydrolysis) is 1. The molecule has 0 bridgehead atoms. The Morgan fingerprint density at radius 2 is 1.36 bits per heavy atom. The first kappa shape index (κ1) is 33.5. The van der Waals surface area contributed by atoms with Crippen LogP contribution in [0.3, 0.4) is 0 Å². The first-order chi connectivity index (χ1) is 16.7.